The maximum Gasteiger partial charge on any atom is 0.321 e. The fourth-order valence-electron chi connectivity index (χ4n) is 2.87. The van der Waals surface area contributed by atoms with E-state index in [1.54, 1.807) is 6.07 Å². The Morgan fingerprint density at radius 2 is 1.88 bits per heavy atom. The van der Waals surface area contributed by atoms with Crippen molar-refractivity contribution < 1.29 is 19.1 Å². The van der Waals surface area contributed by atoms with E-state index in [4.69, 9.17) is 21.1 Å². The van der Waals surface area contributed by atoms with Crippen LogP contribution in [-0.4, -0.2) is 59.3 Å². The Balaban J connectivity index is 1.82. The van der Waals surface area contributed by atoms with Crippen molar-refractivity contribution in [1.82, 2.24) is 25.4 Å². The zero-order valence-corrected chi connectivity index (χ0v) is 19.8. The highest BCUT2D eigenvalue weighted by Crippen LogP contribution is 2.32. The number of thioether (sulfide) groups is 1. The summed E-state index contributed by atoms with van der Waals surface area (Å²) in [6, 6.07) is 14.2. The number of benzene rings is 2. The number of methoxy groups -OCH3 is 1. The molecule has 0 atom stereocenters. The Labute approximate surface area is 200 Å². The number of carbonyl (C=O) groups is 2. The summed E-state index contributed by atoms with van der Waals surface area (Å²) in [5, 5.41) is 14.4. The predicted octanol–water partition coefficient (Wildman–Crippen LogP) is 3.55. The van der Waals surface area contributed by atoms with Crippen molar-refractivity contribution in [2.45, 2.75) is 12.1 Å². The molecule has 0 radical (unpaired) electrons. The number of imide groups is 1. The van der Waals surface area contributed by atoms with Gasteiger partial charge < -0.3 is 14.8 Å². The Bertz CT molecular complexity index is 1090. The highest BCUT2D eigenvalue weighted by molar-refractivity contribution is 7.99. The van der Waals surface area contributed by atoms with Crippen molar-refractivity contribution in [3.8, 4) is 22.8 Å². The van der Waals surface area contributed by atoms with Crippen molar-refractivity contribution in [1.29, 1.82) is 0 Å². The van der Waals surface area contributed by atoms with Gasteiger partial charge in [-0.25, -0.2) is 4.79 Å². The van der Waals surface area contributed by atoms with Crippen molar-refractivity contribution in [3.63, 3.8) is 0 Å². The zero-order valence-electron chi connectivity index (χ0n) is 18.2. The lowest BCUT2D eigenvalue weighted by Gasteiger charge is -2.12. The smallest absolute Gasteiger partial charge is 0.321 e. The Kier molecular flexibility index (Phi) is 9.11. The molecule has 2 aromatic carbocycles. The highest BCUT2D eigenvalue weighted by atomic mass is 35.5. The minimum absolute atomic E-state index is 0.0324. The van der Waals surface area contributed by atoms with E-state index in [9.17, 15) is 9.59 Å². The van der Waals surface area contributed by atoms with Gasteiger partial charge in [0.1, 0.15) is 5.75 Å². The summed E-state index contributed by atoms with van der Waals surface area (Å²) in [6.07, 6.45) is 0. The molecule has 11 heteroatoms. The first-order chi connectivity index (χ1) is 16.0. The van der Waals surface area contributed by atoms with Crippen LogP contribution in [0.4, 0.5) is 4.79 Å². The quantitative estimate of drug-likeness (QED) is 0.331. The standard InChI is InChI=1S/C22H24ClN5O4S/c1-3-32-16-10-8-15(9-11-16)28-20(17-6-4-5-7-18(17)23)26-27-22(28)33-14-19(29)25-21(30)24-12-13-31-2/h4-11H,3,12-14H2,1-2H3,(H2,24,25,29,30). The monoisotopic (exact) mass is 489 g/mol. The van der Waals surface area contributed by atoms with E-state index in [-0.39, 0.29) is 5.75 Å². The van der Waals surface area contributed by atoms with Gasteiger partial charge in [0, 0.05) is 24.9 Å². The summed E-state index contributed by atoms with van der Waals surface area (Å²) in [5.74, 6) is 0.775. The number of carbonyl (C=O) groups excluding carboxylic acids is 2. The molecule has 1 heterocycles. The normalized spacial score (nSPS) is 10.6. The van der Waals surface area contributed by atoms with E-state index >= 15 is 0 Å². The van der Waals surface area contributed by atoms with E-state index in [2.05, 4.69) is 20.8 Å². The number of urea groups is 1. The van der Waals surface area contributed by atoms with Crippen LogP contribution in [0.3, 0.4) is 0 Å². The molecular weight excluding hydrogens is 466 g/mol. The van der Waals surface area contributed by atoms with E-state index in [1.165, 1.54) is 7.11 Å². The topological polar surface area (TPSA) is 107 Å². The lowest BCUT2D eigenvalue weighted by Crippen LogP contribution is -2.41. The molecule has 0 aliphatic carbocycles. The lowest BCUT2D eigenvalue weighted by atomic mass is 10.2. The first kappa shape index (κ1) is 24.6. The van der Waals surface area contributed by atoms with E-state index in [0.29, 0.717) is 41.3 Å². The molecule has 0 bridgehead atoms. The van der Waals surface area contributed by atoms with Crippen LogP contribution in [-0.2, 0) is 9.53 Å². The first-order valence-corrected chi connectivity index (χ1v) is 11.5. The van der Waals surface area contributed by atoms with Gasteiger partial charge in [-0.1, -0.05) is 35.5 Å². The molecule has 0 fully saturated rings. The molecule has 3 amide bonds. The van der Waals surface area contributed by atoms with Crippen LogP contribution >= 0.6 is 23.4 Å². The maximum absolute atomic E-state index is 12.2. The van der Waals surface area contributed by atoms with Gasteiger partial charge in [-0.05, 0) is 43.3 Å². The maximum atomic E-state index is 12.2. The molecule has 3 rings (SSSR count). The largest absolute Gasteiger partial charge is 0.494 e. The number of hydrogen-bond donors (Lipinski definition) is 2. The van der Waals surface area contributed by atoms with E-state index < -0.39 is 11.9 Å². The molecule has 9 nitrogen and oxygen atoms in total. The van der Waals surface area contributed by atoms with Crippen LogP contribution in [0.2, 0.25) is 5.02 Å². The second kappa shape index (κ2) is 12.2. The molecular formula is C22H24ClN5O4S. The minimum atomic E-state index is -0.581. The van der Waals surface area contributed by atoms with E-state index in [0.717, 1.165) is 23.2 Å². The van der Waals surface area contributed by atoms with Crippen molar-refractivity contribution >= 4 is 35.3 Å². The first-order valence-electron chi connectivity index (χ1n) is 10.2. The second-order valence-corrected chi connectivity index (χ2v) is 7.98. The average Bonchev–Trinajstić information content (AvgIpc) is 3.22. The number of aromatic nitrogens is 3. The van der Waals surface area contributed by atoms with Crippen LogP contribution in [0.15, 0.2) is 53.7 Å². The Hall–Kier alpha value is -3.08. The molecule has 1 aromatic heterocycles. The van der Waals surface area contributed by atoms with Gasteiger partial charge in [0.05, 0.1) is 24.0 Å². The number of ether oxygens (including phenoxy) is 2. The third-order valence-electron chi connectivity index (χ3n) is 4.33. The van der Waals surface area contributed by atoms with Crippen LogP contribution < -0.4 is 15.4 Å². The van der Waals surface area contributed by atoms with Crippen LogP contribution in [0, 0.1) is 0 Å². The summed E-state index contributed by atoms with van der Waals surface area (Å²) in [5.41, 5.74) is 1.48. The van der Waals surface area contributed by atoms with Gasteiger partial charge in [-0.2, -0.15) is 0 Å². The van der Waals surface area contributed by atoms with Crippen molar-refractivity contribution in [2.24, 2.45) is 0 Å². The molecule has 0 saturated heterocycles. The summed E-state index contributed by atoms with van der Waals surface area (Å²) in [4.78, 5) is 24.0. The SMILES string of the molecule is CCOc1ccc(-n2c(SCC(=O)NC(=O)NCCOC)nnc2-c2ccccc2Cl)cc1. The van der Waals surface area contributed by atoms with Crippen molar-refractivity contribution in [3.05, 3.63) is 53.6 Å². The molecule has 0 saturated carbocycles. The van der Waals surface area contributed by atoms with Crippen LogP contribution in [0.25, 0.3) is 17.1 Å². The third kappa shape index (κ3) is 6.70. The second-order valence-electron chi connectivity index (χ2n) is 6.63. The number of nitrogens with one attached hydrogen (secondary N) is 2. The number of nitrogens with zero attached hydrogens (tertiary/aromatic N) is 3. The van der Waals surface area contributed by atoms with Gasteiger partial charge in [0.25, 0.3) is 0 Å². The lowest BCUT2D eigenvalue weighted by molar-refractivity contribution is -0.117. The molecule has 3 aromatic rings. The van der Waals surface area contributed by atoms with Gasteiger partial charge in [-0.15, -0.1) is 10.2 Å². The molecule has 0 aliphatic rings. The average molecular weight is 490 g/mol. The number of halogens is 1. The molecule has 0 spiro atoms. The number of rotatable bonds is 10. The molecule has 0 aliphatic heterocycles. The van der Waals surface area contributed by atoms with Crippen molar-refractivity contribution in [2.75, 3.05) is 32.6 Å². The van der Waals surface area contributed by atoms with Gasteiger partial charge in [-0.3, -0.25) is 14.7 Å². The molecule has 174 valence electrons. The third-order valence-corrected chi connectivity index (χ3v) is 5.59. The minimum Gasteiger partial charge on any atom is -0.494 e. The molecule has 2 N–H and O–H groups in total. The predicted molar refractivity (Wildman–Crippen MR) is 127 cm³/mol. The summed E-state index contributed by atoms with van der Waals surface area (Å²) < 4.78 is 12.2. The summed E-state index contributed by atoms with van der Waals surface area (Å²) in [6.45, 7) is 3.13. The molecule has 0 unspecified atom stereocenters. The number of amides is 3. The van der Waals surface area contributed by atoms with Gasteiger partial charge in [0.2, 0.25) is 5.91 Å². The fourth-order valence-corrected chi connectivity index (χ4v) is 3.85. The highest BCUT2D eigenvalue weighted by Gasteiger charge is 2.19. The summed E-state index contributed by atoms with van der Waals surface area (Å²) >= 11 is 7.56. The Morgan fingerprint density at radius 3 is 2.58 bits per heavy atom. The van der Waals surface area contributed by atoms with Gasteiger partial charge in [0.15, 0.2) is 11.0 Å². The fraction of sp³-hybridized carbons (Fsp3) is 0.273. The van der Waals surface area contributed by atoms with Crippen LogP contribution in [0.5, 0.6) is 5.75 Å². The zero-order chi connectivity index (χ0) is 23.6. The molecule has 33 heavy (non-hydrogen) atoms. The van der Waals surface area contributed by atoms with E-state index in [1.807, 2.05) is 54.0 Å². The van der Waals surface area contributed by atoms with Gasteiger partial charge >= 0.3 is 6.03 Å². The van der Waals surface area contributed by atoms with Crippen LogP contribution in [0.1, 0.15) is 6.92 Å². The number of hydrogen-bond acceptors (Lipinski definition) is 7. The summed E-state index contributed by atoms with van der Waals surface area (Å²) in [7, 11) is 1.53. The Morgan fingerprint density at radius 1 is 1.12 bits per heavy atom.